The number of ether oxygens (including phenoxy) is 1. The summed E-state index contributed by atoms with van der Waals surface area (Å²) in [5.41, 5.74) is 1.04. The predicted octanol–water partition coefficient (Wildman–Crippen LogP) is 0.685. The number of tetrazole rings is 1. The van der Waals surface area contributed by atoms with E-state index in [1.165, 1.54) is 11.8 Å². The molecular formula is C12H17N7OS. The van der Waals surface area contributed by atoms with Gasteiger partial charge in [0.2, 0.25) is 5.16 Å². The van der Waals surface area contributed by atoms with Gasteiger partial charge in [0.1, 0.15) is 0 Å². The maximum atomic E-state index is 4.97. The van der Waals surface area contributed by atoms with Crippen LogP contribution in [0.2, 0.25) is 0 Å². The molecule has 21 heavy (non-hydrogen) atoms. The Bertz CT molecular complexity index is 569. The Balaban J connectivity index is 1.55. The van der Waals surface area contributed by atoms with Crippen LogP contribution < -0.4 is 5.32 Å². The van der Waals surface area contributed by atoms with E-state index in [9.17, 15) is 0 Å². The monoisotopic (exact) mass is 307 g/mol. The van der Waals surface area contributed by atoms with Crippen molar-refractivity contribution in [1.29, 1.82) is 0 Å². The molecule has 8 nitrogen and oxygen atoms in total. The van der Waals surface area contributed by atoms with E-state index < -0.39 is 0 Å². The second kappa shape index (κ2) is 6.92. The first-order valence-corrected chi connectivity index (χ1v) is 7.65. The summed E-state index contributed by atoms with van der Waals surface area (Å²) in [4.78, 5) is 8.69. The van der Waals surface area contributed by atoms with Crippen LogP contribution in [0.3, 0.4) is 0 Å². The Morgan fingerprint density at radius 3 is 2.90 bits per heavy atom. The van der Waals surface area contributed by atoms with E-state index in [0.29, 0.717) is 17.8 Å². The topological polar surface area (TPSA) is 90.6 Å². The minimum absolute atomic E-state index is 0.451. The molecule has 2 aromatic heterocycles. The van der Waals surface area contributed by atoms with Crippen LogP contribution in [0.5, 0.6) is 0 Å². The lowest BCUT2D eigenvalue weighted by Gasteiger charge is -2.04. The Hall–Kier alpha value is -1.58. The molecule has 3 rings (SSSR count). The molecule has 1 fully saturated rings. The zero-order chi connectivity index (χ0) is 14.5. The SMILES string of the molecule is COCCNCc1cnc(Sc2nnnn2C2CC2)nc1. The number of nitrogens with one attached hydrogen (secondary N) is 1. The third-order valence-corrected chi connectivity index (χ3v) is 3.88. The van der Waals surface area contributed by atoms with Gasteiger partial charge in [0.25, 0.3) is 0 Å². The molecule has 1 saturated carbocycles. The molecule has 2 heterocycles. The average Bonchev–Trinajstić information content (AvgIpc) is 3.25. The summed E-state index contributed by atoms with van der Waals surface area (Å²) in [6.07, 6.45) is 5.93. The largest absolute Gasteiger partial charge is 0.383 e. The van der Waals surface area contributed by atoms with E-state index in [-0.39, 0.29) is 0 Å². The number of aromatic nitrogens is 6. The van der Waals surface area contributed by atoms with Crippen LogP contribution in [-0.4, -0.2) is 50.4 Å². The van der Waals surface area contributed by atoms with Crippen molar-refractivity contribution < 1.29 is 4.74 Å². The van der Waals surface area contributed by atoms with E-state index in [1.807, 2.05) is 17.1 Å². The summed E-state index contributed by atoms with van der Waals surface area (Å²) in [5.74, 6) is 0. The van der Waals surface area contributed by atoms with E-state index in [0.717, 1.165) is 36.7 Å². The molecule has 0 spiro atoms. The summed E-state index contributed by atoms with van der Waals surface area (Å²) >= 11 is 1.39. The first kappa shape index (κ1) is 14.4. The van der Waals surface area contributed by atoms with Crippen LogP contribution in [0.25, 0.3) is 0 Å². The molecule has 0 aliphatic heterocycles. The lowest BCUT2D eigenvalue weighted by molar-refractivity contribution is 0.199. The first-order chi connectivity index (χ1) is 10.4. The molecule has 0 aromatic carbocycles. The van der Waals surface area contributed by atoms with Crippen molar-refractivity contribution >= 4 is 11.8 Å². The molecule has 1 aliphatic rings. The smallest absolute Gasteiger partial charge is 0.217 e. The maximum absolute atomic E-state index is 4.97. The van der Waals surface area contributed by atoms with Crippen molar-refractivity contribution in [2.45, 2.75) is 35.7 Å². The highest BCUT2D eigenvalue weighted by atomic mass is 32.2. The van der Waals surface area contributed by atoms with Gasteiger partial charge in [-0.3, -0.25) is 0 Å². The molecule has 0 radical (unpaired) electrons. The Labute approximate surface area is 126 Å². The Morgan fingerprint density at radius 2 is 2.19 bits per heavy atom. The van der Waals surface area contributed by atoms with E-state index in [2.05, 4.69) is 30.8 Å². The van der Waals surface area contributed by atoms with Gasteiger partial charge in [-0.15, -0.1) is 5.10 Å². The van der Waals surface area contributed by atoms with Gasteiger partial charge in [-0.05, 0) is 35.0 Å². The van der Waals surface area contributed by atoms with E-state index >= 15 is 0 Å². The standard InChI is InChI=1S/C12H17N7OS/c1-20-5-4-13-6-9-7-14-11(15-8-9)21-12-16-17-18-19(12)10-2-3-10/h7-8,10,13H,2-6H2,1H3. The van der Waals surface area contributed by atoms with Gasteiger partial charge >= 0.3 is 0 Å². The summed E-state index contributed by atoms with van der Waals surface area (Å²) < 4.78 is 6.83. The lowest BCUT2D eigenvalue weighted by atomic mass is 10.3. The van der Waals surface area contributed by atoms with E-state index in [4.69, 9.17) is 4.74 Å². The van der Waals surface area contributed by atoms with Crippen LogP contribution in [0.15, 0.2) is 22.7 Å². The van der Waals surface area contributed by atoms with Crippen LogP contribution in [0, 0.1) is 0 Å². The number of hydrogen-bond donors (Lipinski definition) is 1. The fraction of sp³-hybridized carbons (Fsp3) is 0.583. The van der Waals surface area contributed by atoms with Crippen molar-refractivity contribution in [3.8, 4) is 0 Å². The molecule has 0 unspecified atom stereocenters. The van der Waals surface area contributed by atoms with Crippen molar-refractivity contribution in [2.24, 2.45) is 0 Å². The fourth-order valence-corrected chi connectivity index (χ4v) is 2.51. The third-order valence-electron chi connectivity index (χ3n) is 3.03. The van der Waals surface area contributed by atoms with Crippen LogP contribution >= 0.6 is 11.8 Å². The quantitative estimate of drug-likeness (QED) is 0.562. The summed E-state index contributed by atoms with van der Waals surface area (Å²) in [6, 6.07) is 0.451. The van der Waals surface area contributed by atoms with Gasteiger partial charge in [0.15, 0.2) is 5.16 Å². The highest BCUT2D eigenvalue weighted by molar-refractivity contribution is 7.99. The molecule has 0 amide bonds. The lowest BCUT2D eigenvalue weighted by Crippen LogP contribution is -2.18. The Kier molecular flexibility index (Phi) is 4.73. The molecule has 1 aliphatic carbocycles. The summed E-state index contributed by atoms with van der Waals surface area (Å²) in [7, 11) is 1.69. The van der Waals surface area contributed by atoms with Gasteiger partial charge in [0, 0.05) is 38.2 Å². The van der Waals surface area contributed by atoms with Crippen molar-refractivity contribution in [2.75, 3.05) is 20.3 Å². The molecule has 0 atom stereocenters. The predicted molar refractivity (Wildman–Crippen MR) is 75.8 cm³/mol. The normalized spacial score (nSPS) is 14.5. The van der Waals surface area contributed by atoms with Crippen molar-refractivity contribution in [1.82, 2.24) is 35.5 Å². The minimum Gasteiger partial charge on any atom is -0.383 e. The van der Waals surface area contributed by atoms with E-state index in [1.54, 1.807) is 7.11 Å². The molecule has 0 saturated heterocycles. The zero-order valence-corrected chi connectivity index (χ0v) is 12.6. The highest BCUT2D eigenvalue weighted by Gasteiger charge is 2.28. The Morgan fingerprint density at radius 1 is 1.38 bits per heavy atom. The van der Waals surface area contributed by atoms with Gasteiger partial charge in [-0.2, -0.15) is 0 Å². The minimum atomic E-state index is 0.451. The van der Waals surface area contributed by atoms with Crippen molar-refractivity contribution in [3.05, 3.63) is 18.0 Å². The first-order valence-electron chi connectivity index (χ1n) is 6.83. The van der Waals surface area contributed by atoms with Crippen molar-refractivity contribution in [3.63, 3.8) is 0 Å². The number of methoxy groups -OCH3 is 1. The average molecular weight is 307 g/mol. The molecule has 2 aromatic rings. The zero-order valence-electron chi connectivity index (χ0n) is 11.8. The third kappa shape index (κ3) is 3.96. The van der Waals surface area contributed by atoms with Gasteiger partial charge in [-0.1, -0.05) is 0 Å². The number of rotatable bonds is 8. The molecule has 9 heteroatoms. The summed E-state index contributed by atoms with van der Waals surface area (Å²) in [6.45, 7) is 2.23. The van der Waals surface area contributed by atoms with Gasteiger partial charge < -0.3 is 10.1 Å². The number of nitrogens with zero attached hydrogens (tertiary/aromatic N) is 6. The molecule has 1 N–H and O–H groups in total. The fourth-order valence-electron chi connectivity index (χ4n) is 1.78. The maximum Gasteiger partial charge on any atom is 0.217 e. The molecular weight excluding hydrogens is 290 g/mol. The van der Waals surface area contributed by atoms with Crippen LogP contribution in [0.1, 0.15) is 24.4 Å². The number of hydrogen-bond acceptors (Lipinski definition) is 8. The second-order valence-corrected chi connectivity index (χ2v) is 5.72. The van der Waals surface area contributed by atoms with Crippen LogP contribution in [0.4, 0.5) is 0 Å². The van der Waals surface area contributed by atoms with Gasteiger partial charge in [-0.25, -0.2) is 14.6 Å². The second-order valence-electron chi connectivity index (χ2n) is 4.78. The highest BCUT2D eigenvalue weighted by Crippen LogP contribution is 2.37. The molecule has 0 bridgehead atoms. The van der Waals surface area contributed by atoms with Crippen LogP contribution in [-0.2, 0) is 11.3 Å². The molecule has 112 valence electrons. The van der Waals surface area contributed by atoms with Gasteiger partial charge in [0.05, 0.1) is 12.6 Å². The summed E-state index contributed by atoms with van der Waals surface area (Å²) in [5, 5.41) is 16.4.